The van der Waals surface area contributed by atoms with E-state index < -0.39 is 17.2 Å². The highest BCUT2D eigenvalue weighted by atomic mass is 16.5. The molecule has 2 heterocycles. The Kier molecular flexibility index (Phi) is 27.9. The molecule has 540 valence electrons. The molecule has 0 spiro atoms. The van der Waals surface area contributed by atoms with Crippen LogP contribution in [-0.2, 0) is 20.6 Å². The molecule has 8 aromatic carbocycles. The Morgan fingerprint density at radius 1 is 0.442 bits per heavy atom. The second-order valence-electron chi connectivity index (χ2n) is 27.9. The molecule has 0 radical (unpaired) electrons. The zero-order chi connectivity index (χ0) is 75.3. The number of amides is 1. The minimum absolute atomic E-state index is 0.0315. The second kappa shape index (κ2) is 36.8. The first-order valence-corrected chi connectivity index (χ1v) is 35.6. The number of nitrogens with one attached hydrogen (secondary N) is 1. The number of nitrogens with zero attached hydrogens (tertiary/aromatic N) is 7. The van der Waals surface area contributed by atoms with Crippen LogP contribution in [0.4, 0.5) is 4.79 Å². The monoisotopic (exact) mass is 1400 g/mol. The first kappa shape index (κ1) is 78.8. The maximum Gasteiger partial charge on any atom is 0.407 e. The highest BCUT2D eigenvalue weighted by Crippen LogP contribution is 2.37. The highest BCUT2D eigenvalue weighted by Gasteiger charge is 2.25. The van der Waals surface area contributed by atoms with Gasteiger partial charge in [0.15, 0.2) is 34.9 Å². The van der Waals surface area contributed by atoms with Crippen molar-refractivity contribution in [1.82, 2.24) is 35.2 Å². The molecule has 10 rings (SSSR count). The third-order valence-corrected chi connectivity index (χ3v) is 17.9. The lowest BCUT2D eigenvalue weighted by molar-refractivity contribution is 0.133. The molecule has 0 saturated carbocycles. The van der Waals surface area contributed by atoms with E-state index in [2.05, 4.69) is 101 Å². The predicted molar refractivity (Wildman–Crippen MR) is 419 cm³/mol. The summed E-state index contributed by atoms with van der Waals surface area (Å²) >= 11 is 0. The number of carbonyl (C=O) groups is 1. The number of aryl methyl sites for hydroxylation is 8. The number of ether oxygens (including phenoxy) is 3. The number of carbonyl (C=O) groups excluding carboxylic acids is 2. The van der Waals surface area contributed by atoms with Gasteiger partial charge in [-0.15, -0.1) is 0 Å². The Morgan fingerprint density at radius 2 is 0.779 bits per heavy atom. The number of aliphatic imine (C=N–C) groups is 1. The zero-order valence-corrected chi connectivity index (χ0v) is 62.9. The molecule has 16 nitrogen and oxygen atoms in total. The molecule has 4 N–H and O–H groups in total. The van der Waals surface area contributed by atoms with Crippen molar-refractivity contribution in [2.45, 2.75) is 159 Å². The van der Waals surface area contributed by atoms with Crippen LogP contribution in [0, 0.1) is 55.4 Å². The standard InChI is InChI=1S/C44H50N4O4.C31H35N3O3.C13H15NO/c1-28(2)33-14-13-15-34(26-33)44(7,8)48-43(50)52-23-12-10-9-11-22-51-35-18-21-38(39(49)27-35)42-46-40(36-19-16-29(3)24-31(36)5)45-41(47-42)37-20-17-30(4)25-32(37)6;1-20-9-12-25(22(3)17-20)29-32-30(26-13-10-21(2)18-23(26)4)34-31(33-29)27-14-11-24(19-28(27)36)37-16-8-6-5-7-15-35;1-10(2)11-6-5-7-12(8-11)13(3,4)14-9-15/h13-21,24-27,49H,1,9-12,22-23H2,2-8H3,(H,48,50);9-14,17-19,35-36H,5-8,15-16H2,1-4H3;5-8H,1H2,2-4H3. The molecule has 10 aromatic rings. The molecule has 2 aromatic heterocycles. The molecule has 0 aliphatic carbocycles. The van der Waals surface area contributed by atoms with E-state index in [0.717, 1.165) is 140 Å². The van der Waals surface area contributed by atoms with Crippen molar-refractivity contribution in [3.63, 3.8) is 0 Å². The molecular weight excluding hydrogens is 1300 g/mol. The number of alkyl carbamates (subject to hydrolysis) is 1. The van der Waals surface area contributed by atoms with Gasteiger partial charge >= 0.3 is 6.09 Å². The van der Waals surface area contributed by atoms with Crippen molar-refractivity contribution in [2.75, 3.05) is 26.4 Å². The number of aliphatic hydroxyl groups excluding tert-OH is 1. The van der Waals surface area contributed by atoms with Crippen molar-refractivity contribution >= 4 is 23.3 Å². The van der Waals surface area contributed by atoms with Crippen LogP contribution >= 0.6 is 0 Å². The van der Waals surface area contributed by atoms with Crippen molar-refractivity contribution in [3.8, 4) is 91.3 Å². The topological polar surface area (TPSA) is 224 Å². The summed E-state index contributed by atoms with van der Waals surface area (Å²) in [6, 6.07) is 51.2. The van der Waals surface area contributed by atoms with Crippen LogP contribution in [0.5, 0.6) is 23.0 Å². The number of hydrogen-bond acceptors (Lipinski definition) is 15. The number of unbranched alkanes of at least 4 members (excludes halogenated alkanes) is 6. The molecule has 0 fully saturated rings. The normalized spacial score (nSPS) is 11.1. The third kappa shape index (κ3) is 22.0. The van der Waals surface area contributed by atoms with Gasteiger partial charge in [0.25, 0.3) is 0 Å². The van der Waals surface area contributed by atoms with Crippen LogP contribution in [0.1, 0.15) is 160 Å². The van der Waals surface area contributed by atoms with Gasteiger partial charge < -0.3 is 34.8 Å². The van der Waals surface area contributed by atoms with E-state index in [4.69, 9.17) is 49.2 Å². The van der Waals surface area contributed by atoms with Crippen molar-refractivity contribution in [1.29, 1.82) is 0 Å². The number of rotatable bonds is 27. The van der Waals surface area contributed by atoms with Crippen LogP contribution in [0.2, 0.25) is 0 Å². The van der Waals surface area contributed by atoms with Gasteiger partial charge in [0.1, 0.15) is 23.0 Å². The van der Waals surface area contributed by atoms with E-state index in [1.54, 1.807) is 30.3 Å². The molecule has 104 heavy (non-hydrogen) atoms. The molecule has 0 unspecified atom stereocenters. The molecule has 0 aliphatic heterocycles. The van der Waals surface area contributed by atoms with Crippen LogP contribution in [0.25, 0.3) is 79.5 Å². The largest absolute Gasteiger partial charge is 0.507 e. The number of aromatic nitrogens is 6. The molecule has 1 amide bonds. The summed E-state index contributed by atoms with van der Waals surface area (Å²) in [7, 11) is 0. The number of aliphatic hydroxyl groups is 1. The van der Waals surface area contributed by atoms with Crippen LogP contribution in [0.15, 0.2) is 176 Å². The van der Waals surface area contributed by atoms with Gasteiger partial charge in [0.05, 0.1) is 42.0 Å². The van der Waals surface area contributed by atoms with E-state index in [1.165, 1.54) is 11.1 Å². The van der Waals surface area contributed by atoms with Gasteiger partial charge in [0.2, 0.25) is 6.08 Å². The summed E-state index contributed by atoms with van der Waals surface area (Å²) in [5.74, 6) is 4.30. The lowest BCUT2D eigenvalue weighted by Crippen LogP contribution is -2.41. The van der Waals surface area contributed by atoms with E-state index in [9.17, 15) is 19.8 Å². The molecule has 0 bridgehead atoms. The SMILES string of the molecule is C=C(C)c1cccc(C(C)(C)N=C=O)c1.C=C(C)c1cccc(C(C)(C)NC(=O)OCCCCCCOc2ccc(-c3nc(-c4ccc(C)cc4C)nc(-c4ccc(C)cc4C)n3)c(O)c2)c1.Cc1ccc(-c2nc(-c3ccc(C)cc3C)nc(-c3ccc(OCCCCCCO)cc3O)n2)c(C)c1. The smallest absolute Gasteiger partial charge is 0.407 e. The maximum absolute atomic E-state index is 12.5. The molecule has 16 heteroatoms. The van der Waals surface area contributed by atoms with Crippen LogP contribution in [0.3, 0.4) is 0 Å². The van der Waals surface area contributed by atoms with E-state index in [0.29, 0.717) is 77.4 Å². The summed E-state index contributed by atoms with van der Waals surface area (Å²) in [6.45, 7) is 37.6. The number of phenolic OH excluding ortho intramolecular Hbond substituents is 2. The predicted octanol–water partition coefficient (Wildman–Crippen LogP) is 20.5. The van der Waals surface area contributed by atoms with Crippen LogP contribution in [-0.4, -0.2) is 83.8 Å². The summed E-state index contributed by atoms with van der Waals surface area (Å²) < 4.78 is 17.2. The number of benzene rings is 8. The lowest BCUT2D eigenvalue weighted by Gasteiger charge is -2.27. The van der Waals surface area contributed by atoms with Gasteiger partial charge in [-0.2, -0.15) is 4.99 Å². The summed E-state index contributed by atoms with van der Waals surface area (Å²) in [4.78, 5) is 55.6. The molecular formula is C88H100N8O8. The van der Waals surface area contributed by atoms with Crippen molar-refractivity contribution < 1.29 is 39.1 Å². The Labute approximate surface area is 614 Å². The highest BCUT2D eigenvalue weighted by molar-refractivity contribution is 5.75. The third-order valence-electron chi connectivity index (χ3n) is 17.9. The molecule has 0 atom stereocenters. The Hall–Kier alpha value is -10.9. The van der Waals surface area contributed by atoms with Gasteiger partial charge in [-0.25, -0.2) is 39.5 Å². The Morgan fingerprint density at radius 3 is 1.12 bits per heavy atom. The van der Waals surface area contributed by atoms with Gasteiger partial charge in [-0.1, -0.05) is 162 Å². The molecule has 0 aliphatic rings. The van der Waals surface area contributed by atoms with Crippen molar-refractivity contribution in [2.24, 2.45) is 4.99 Å². The number of phenols is 2. The second-order valence-corrected chi connectivity index (χ2v) is 27.9. The zero-order valence-electron chi connectivity index (χ0n) is 62.9. The first-order valence-electron chi connectivity index (χ1n) is 35.6. The minimum atomic E-state index is -0.579. The number of isocyanates is 1. The van der Waals surface area contributed by atoms with E-state index in [1.807, 2.05) is 152 Å². The quantitative estimate of drug-likeness (QED) is 0.0214. The number of aromatic hydroxyl groups is 2. The lowest BCUT2D eigenvalue weighted by atomic mass is 9.92. The maximum atomic E-state index is 12.5. The fourth-order valence-electron chi connectivity index (χ4n) is 11.9. The minimum Gasteiger partial charge on any atom is -0.507 e. The Bertz CT molecular complexity index is 4590. The van der Waals surface area contributed by atoms with Gasteiger partial charge in [0, 0.05) is 41.0 Å². The first-order chi connectivity index (χ1) is 49.6. The average molecular weight is 1400 g/mol. The fraction of sp³-hybridized carbons (Fsp3) is 0.318. The fourth-order valence-corrected chi connectivity index (χ4v) is 11.9. The molecule has 0 saturated heterocycles. The number of allylic oxidation sites excluding steroid dienone is 2. The summed E-state index contributed by atoms with van der Waals surface area (Å²) in [5, 5.41) is 33.9. The summed E-state index contributed by atoms with van der Waals surface area (Å²) in [5.41, 5.74) is 18.6. The van der Waals surface area contributed by atoms with E-state index in [-0.39, 0.29) is 18.1 Å². The Balaban J connectivity index is 0.000000227. The number of hydrogen-bond donors (Lipinski definition) is 4. The summed E-state index contributed by atoms with van der Waals surface area (Å²) in [6.07, 6.45) is 8.27. The van der Waals surface area contributed by atoms with Gasteiger partial charge in [-0.3, -0.25) is 0 Å². The van der Waals surface area contributed by atoms with E-state index >= 15 is 0 Å². The average Bonchev–Trinajstić information content (AvgIpc) is 0.787. The van der Waals surface area contributed by atoms with Crippen molar-refractivity contribution in [3.05, 3.63) is 238 Å². The van der Waals surface area contributed by atoms with Crippen LogP contribution < -0.4 is 14.8 Å². The van der Waals surface area contributed by atoms with Gasteiger partial charge in [-0.05, 0) is 223 Å².